The van der Waals surface area contributed by atoms with Gasteiger partial charge in [-0.15, -0.1) is 11.3 Å². The maximum atomic E-state index is 12.5. The van der Waals surface area contributed by atoms with Crippen molar-refractivity contribution < 1.29 is 14.5 Å². The zero-order valence-corrected chi connectivity index (χ0v) is 16.0. The summed E-state index contributed by atoms with van der Waals surface area (Å²) in [6, 6.07) is 4.79. The fourth-order valence-electron chi connectivity index (χ4n) is 2.99. The molecule has 0 bridgehead atoms. The molecule has 1 amide bonds. The summed E-state index contributed by atoms with van der Waals surface area (Å²) in [5.41, 5.74) is 1.48. The van der Waals surface area contributed by atoms with Gasteiger partial charge in [-0.3, -0.25) is 25.1 Å². The van der Waals surface area contributed by atoms with E-state index in [-0.39, 0.29) is 11.3 Å². The van der Waals surface area contributed by atoms with Crippen molar-refractivity contribution in [2.45, 2.75) is 25.4 Å². The van der Waals surface area contributed by atoms with E-state index in [1.807, 2.05) is 5.38 Å². The summed E-state index contributed by atoms with van der Waals surface area (Å²) in [6.45, 7) is 3.88. The highest BCUT2D eigenvalue weighted by Gasteiger charge is 2.25. The fourth-order valence-corrected chi connectivity index (χ4v) is 3.68. The standard InChI is InChI=1S/C18H21N5O4S/c24-17(12-1-4-15(19-13-2-3-13)16(9-12)23(25)26)21-18-20-14(11-28-18)10-22-5-7-27-8-6-22/h1,4,9,11,13,19H,2-3,5-8,10H2,(H,20,21,24). The molecule has 148 valence electrons. The molecule has 10 heteroatoms. The Morgan fingerprint density at radius 3 is 2.86 bits per heavy atom. The Hall–Kier alpha value is -2.56. The molecule has 2 aromatic rings. The van der Waals surface area contributed by atoms with Crippen LogP contribution in [0.25, 0.3) is 0 Å². The smallest absolute Gasteiger partial charge is 0.293 e. The highest BCUT2D eigenvalue weighted by molar-refractivity contribution is 7.14. The Balaban J connectivity index is 1.41. The Morgan fingerprint density at radius 1 is 1.36 bits per heavy atom. The predicted molar refractivity (Wildman–Crippen MR) is 106 cm³/mol. The van der Waals surface area contributed by atoms with Crippen molar-refractivity contribution in [3.63, 3.8) is 0 Å². The molecule has 2 fully saturated rings. The Bertz CT molecular complexity index is 877. The quantitative estimate of drug-likeness (QED) is 0.540. The van der Waals surface area contributed by atoms with Crippen LogP contribution in [0.5, 0.6) is 0 Å². The molecule has 28 heavy (non-hydrogen) atoms. The zero-order valence-electron chi connectivity index (χ0n) is 15.2. The summed E-state index contributed by atoms with van der Waals surface area (Å²) < 4.78 is 5.33. The third-order valence-electron chi connectivity index (χ3n) is 4.66. The molecule has 1 aliphatic heterocycles. The van der Waals surface area contributed by atoms with E-state index in [1.165, 1.54) is 17.4 Å². The first kappa shape index (κ1) is 18.8. The highest BCUT2D eigenvalue weighted by Crippen LogP contribution is 2.31. The van der Waals surface area contributed by atoms with Crippen LogP contribution in [-0.2, 0) is 11.3 Å². The minimum absolute atomic E-state index is 0.0910. The maximum Gasteiger partial charge on any atom is 0.293 e. The largest absolute Gasteiger partial charge is 0.379 e. The second kappa shape index (κ2) is 8.21. The van der Waals surface area contributed by atoms with Gasteiger partial charge in [-0.25, -0.2) is 4.98 Å². The SMILES string of the molecule is O=C(Nc1nc(CN2CCOCC2)cs1)c1ccc(NC2CC2)c([N+](=O)[O-])c1. The number of carbonyl (C=O) groups is 1. The van der Waals surface area contributed by atoms with Crippen LogP contribution in [0.1, 0.15) is 28.9 Å². The molecule has 0 radical (unpaired) electrons. The van der Waals surface area contributed by atoms with Crippen LogP contribution >= 0.6 is 11.3 Å². The molecule has 0 atom stereocenters. The van der Waals surface area contributed by atoms with Crippen molar-refractivity contribution in [1.29, 1.82) is 0 Å². The first-order valence-corrected chi connectivity index (χ1v) is 10.1. The number of benzene rings is 1. The third-order valence-corrected chi connectivity index (χ3v) is 5.46. The molecule has 0 unspecified atom stereocenters. The molecule has 2 heterocycles. The number of nitro groups is 1. The molecule has 0 spiro atoms. The molecular formula is C18H21N5O4S. The Morgan fingerprint density at radius 2 is 2.14 bits per heavy atom. The topological polar surface area (TPSA) is 110 Å². The molecule has 1 saturated heterocycles. The molecule has 1 aliphatic carbocycles. The third kappa shape index (κ3) is 4.64. The van der Waals surface area contributed by atoms with Gasteiger partial charge >= 0.3 is 0 Å². The summed E-state index contributed by atoms with van der Waals surface area (Å²) in [5.74, 6) is -0.409. The molecule has 9 nitrogen and oxygen atoms in total. The minimum Gasteiger partial charge on any atom is -0.379 e. The number of nitrogens with one attached hydrogen (secondary N) is 2. The molecular weight excluding hydrogens is 382 g/mol. The number of anilines is 2. The van der Waals surface area contributed by atoms with Gasteiger partial charge in [0.25, 0.3) is 11.6 Å². The van der Waals surface area contributed by atoms with Gasteiger partial charge in [0, 0.05) is 42.7 Å². The molecule has 2 N–H and O–H groups in total. The maximum absolute atomic E-state index is 12.5. The van der Waals surface area contributed by atoms with Gasteiger partial charge in [0.1, 0.15) is 5.69 Å². The second-order valence-electron chi connectivity index (χ2n) is 6.89. The predicted octanol–water partition coefficient (Wildman–Crippen LogP) is 2.71. The molecule has 1 aromatic heterocycles. The van der Waals surface area contributed by atoms with Crippen LogP contribution in [0.3, 0.4) is 0 Å². The molecule has 4 rings (SSSR count). The minimum atomic E-state index is -0.467. The van der Waals surface area contributed by atoms with Gasteiger partial charge in [-0.05, 0) is 25.0 Å². The van der Waals surface area contributed by atoms with Crippen LogP contribution in [0.2, 0.25) is 0 Å². The van der Waals surface area contributed by atoms with Gasteiger partial charge in [-0.1, -0.05) is 0 Å². The van der Waals surface area contributed by atoms with E-state index in [0.717, 1.165) is 44.8 Å². The number of thiazole rings is 1. The van der Waals surface area contributed by atoms with E-state index >= 15 is 0 Å². The fraction of sp³-hybridized carbons (Fsp3) is 0.444. The average Bonchev–Trinajstić information content (AvgIpc) is 3.40. The highest BCUT2D eigenvalue weighted by atomic mass is 32.1. The number of nitrogens with zero attached hydrogens (tertiary/aromatic N) is 3. The summed E-state index contributed by atoms with van der Waals surface area (Å²) in [4.78, 5) is 30.1. The first-order chi connectivity index (χ1) is 13.6. The van der Waals surface area contributed by atoms with Crippen molar-refractivity contribution in [2.75, 3.05) is 36.9 Å². The van der Waals surface area contributed by atoms with Crippen molar-refractivity contribution in [3.05, 3.63) is 45.0 Å². The number of aromatic nitrogens is 1. The summed E-state index contributed by atoms with van der Waals surface area (Å²) >= 11 is 1.34. The lowest BCUT2D eigenvalue weighted by atomic mass is 10.1. The van der Waals surface area contributed by atoms with Crippen molar-refractivity contribution in [1.82, 2.24) is 9.88 Å². The van der Waals surface area contributed by atoms with Crippen molar-refractivity contribution >= 4 is 33.8 Å². The van der Waals surface area contributed by atoms with Gasteiger partial charge in [0.2, 0.25) is 0 Å². The number of morpholine rings is 1. The lowest BCUT2D eigenvalue weighted by molar-refractivity contribution is -0.384. The van der Waals surface area contributed by atoms with Gasteiger partial charge in [0.05, 0.1) is 23.8 Å². The molecule has 1 aromatic carbocycles. The van der Waals surface area contributed by atoms with E-state index in [2.05, 4.69) is 20.5 Å². The summed E-state index contributed by atoms with van der Waals surface area (Å²) in [5, 5.41) is 19.6. The molecule has 2 aliphatic rings. The van der Waals surface area contributed by atoms with Crippen LogP contribution in [-0.4, -0.2) is 53.1 Å². The van der Waals surface area contributed by atoms with Crippen LogP contribution in [0, 0.1) is 10.1 Å². The van der Waals surface area contributed by atoms with E-state index < -0.39 is 10.8 Å². The summed E-state index contributed by atoms with van der Waals surface area (Å²) in [7, 11) is 0. The normalized spacial score (nSPS) is 17.3. The van der Waals surface area contributed by atoms with Crippen molar-refractivity contribution in [3.8, 4) is 0 Å². The zero-order chi connectivity index (χ0) is 19.5. The van der Waals surface area contributed by atoms with Gasteiger partial charge < -0.3 is 10.1 Å². The van der Waals surface area contributed by atoms with Gasteiger partial charge in [0.15, 0.2) is 5.13 Å². The number of amides is 1. The van der Waals surface area contributed by atoms with Crippen LogP contribution in [0.15, 0.2) is 23.6 Å². The van der Waals surface area contributed by atoms with E-state index in [9.17, 15) is 14.9 Å². The summed E-state index contributed by atoms with van der Waals surface area (Å²) in [6.07, 6.45) is 2.02. The average molecular weight is 403 g/mol. The van der Waals surface area contributed by atoms with Crippen LogP contribution in [0.4, 0.5) is 16.5 Å². The number of nitro benzene ring substituents is 1. The molecule has 1 saturated carbocycles. The van der Waals surface area contributed by atoms with E-state index in [4.69, 9.17) is 4.74 Å². The lowest BCUT2D eigenvalue weighted by Crippen LogP contribution is -2.35. The van der Waals surface area contributed by atoms with Gasteiger partial charge in [-0.2, -0.15) is 0 Å². The number of ether oxygens (including phenoxy) is 1. The number of carbonyl (C=O) groups excluding carboxylic acids is 1. The Labute approximate surface area is 165 Å². The van der Waals surface area contributed by atoms with E-state index in [0.29, 0.717) is 23.4 Å². The number of rotatable bonds is 7. The number of hydrogen-bond acceptors (Lipinski definition) is 8. The lowest BCUT2D eigenvalue weighted by Gasteiger charge is -2.25. The Kier molecular flexibility index (Phi) is 5.51. The first-order valence-electron chi connectivity index (χ1n) is 9.19. The van der Waals surface area contributed by atoms with E-state index in [1.54, 1.807) is 12.1 Å². The second-order valence-corrected chi connectivity index (χ2v) is 7.75. The monoisotopic (exact) mass is 403 g/mol. The van der Waals surface area contributed by atoms with Crippen LogP contribution < -0.4 is 10.6 Å². The number of hydrogen-bond donors (Lipinski definition) is 2. The van der Waals surface area contributed by atoms with Crippen molar-refractivity contribution in [2.24, 2.45) is 0 Å².